The first-order valence-corrected chi connectivity index (χ1v) is 30.6. The van der Waals surface area contributed by atoms with Gasteiger partial charge in [0.15, 0.2) is 0 Å². The van der Waals surface area contributed by atoms with Gasteiger partial charge in [-0.1, -0.05) is 295 Å². The third-order valence-electron chi connectivity index (χ3n) is 14.2. The van der Waals surface area contributed by atoms with Crippen molar-refractivity contribution >= 4 is 11.9 Å². The molecule has 0 aromatic rings. The van der Waals surface area contributed by atoms with E-state index in [-0.39, 0.29) is 18.5 Å². The molecule has 0 bridgehead atoms. The van der Waals surface area contributed by atoms with Gasteiger partial charge in [0.2, 0.25) is 5.91 Å². The zero-order valence-electron chi connectivity index (χ0n) is 45.9. The molecule has 0 fully saturated rings. The molecule has 2 unspecified atom stereocenters. The molecule has 402 valence electrons. The van der Waals surface area contributed by atoms with Crippen molar-refractivity contribution in [1.82, 2.24) is 5.32 Å². The molecule has 0 aromatic carbocycles. The molecular formula is C62H119NO5. The highest BCUT2D eigenvalue weighted by atomic mass is 16.5. The Morgan fingerprint density at radius 3 is 1.09 bits per heavy atom. The van der Waals surface area contributed by atoms with Gasteiger partial charge in [-0.05, 0) is 51.4 Å². The fraction of sp³-hybridized carbons (Fsp3) is 0.903. The first kappa shape index (κ1) is 66.3. The van der Waals surface area contributed by atoms with E-state index in [1.54, 1.807) is 6.08 Å². The Morgan fingerprint density at radius 1 is 0.397 bits per heavy atom. The first-order valence-electron chi connectivity index (χ1n) is 30.6. The summed E-state index contributed by atoms with van der Waals surface area (Å²) in [7, 11) is 0. The van der Waals surface area contributed by atoms with Gasteiger partial charge in [-0.2, -0.15) is 0 Å². The van der Waals surface area contributed by atoms with Gasteiger partial charge in [0.05, 0.1) is 25.4 Å². The number of hydrogen-bond donors (Lipinski definition) is 3. The summed E-state index contributed by atoms with van der Waals surface area (Å²) in [4.78, 5) is 24.4. The first-order chi connectivity index (χ1) is 33.5. The maximum absolute atomic E-state index is 12.5. The normalized spacial score (nSPS) is 12.7. The number of nitrogens with one attached hydrogen (secondary N) is 1. The molecule has 0 aliphatic heterocycles. The van der Waals surface area contributed by atoms with E-state index in [1.807, 2.05) is 6.08 Å². The van der Waals surface area contributed by atoms with Crippen LogP contribution in [-0.2, 0) is 14.3 Å². The summed E-state index contributed by atoms with van der Waals surface area (Å²) in [6, 6.07) is -0.626. The molecule has 0 aliphatic rings. The second kappa shape index (κ2) is 57.9. The Hall–Kier alpha value is -1.66. The Bertz CT molecular complexity index is 1060. The fourth-order valence-corrected chi connectivity index (χ4v) is 9.50. The van der Waals surface area contributed by atoms with Crippen molar-refractivity contribution in [2.45, 2.75) is 347 Å². The average Bonchev–Trinajstić information content (AvgIpc) is 3.34. The maximum atomic E-state index is 12.5. The van der Waals surface area contributed by atoms with Crippen molar-refractivity contribution < 1.29 is 24.5 Å². The number of aliphatic hydroxyl groups is 2. The Kier molecular flexibility index (Phi) is 56.5. The van der Waals surface area contributed by atoms with E-state index in [9.17, 15) is 19.8 Å². The number of hydrogen-bond acceptors (Lipinski definition) is 5. The van der Waals surface area contributed by atoms with Crippen LogP contribution in [0.5, 0.6) is 0 Å². The number of rotatable bonds is 57. The minimum Gasteiger partial charge on any atom is -0.466 e. The van der Waals surface area contributed by atoms with Gasteiger partial charge in [0.25, 0.3) is 0 Å². The van der Waals surface area contributed by atoms with Crippen LogP contribution in [0.2, 0.25) is 0 Å². The van der Waals surface area contributed by atoms with E-state index in [1.165, 1.54) is 263 Å². The van der Waals surface area contributed by atoms with Gasteiger partial charge in [-0.15, -0.1) is 0 Å². The smallest absolute Gasteiger partial charge is 0.305 e. The molecule has 0 saturated carbocycles. The fourth-order valence-electron chi connectivity index (χ4n) is 9.50. The van der Waals surface area contributed by atoms with Crippen LogP contribution < -0.4 is 5.32 Å². The summed E-state index contributed by atoms with van der Waals surface area (Å²) >= 11 is 0. The predicted molar refractivity (Wildman–Crippen MR) is 296 cm³/mol. The monoisotopic (exact) mass is 958 g/mol. The number of esters is 1. The highest BCUT2D eigenvalue weighted by Crippen LogP contribution is 2.18. The summed E-state index contributed by atoms with van der Waals surface area (Å²) in [5.41, 5.74) is 0. The number of amides is 1. The Labute approximate surface area is 424 Å². The quantitative estimate of drug-likeness (QED) is 0.0321. The van der Waals surface area contributed by atoms with E-state index in [4.69, 9.17) is 4.74 Å². The van der Waals surface area contributed by atoms with Crippen LogP contribution in [0, 0.1) is 0 Å². The van der Waals surface area contributed by atoms with Crippen molar-refractivity contribution in [3.63, 3.8) is 0 Å². The zero-order chi connectivity index (χ0) is 49.3. The molecule has 0 aromatic heterocycles. The average molecular weight is 959 g/mol. The molecule has 0 rings (SSSR count). The molecule has 0 spiro atoms. The molecule has 1 amide bonds. The second-order valence-electron chi connectivity index (χ2n) is 21.0. The number of aliphatic hydroxyl groups excluding tert-OH is 2. The summed E-state index contributed by atoms with van der Waals surface area (Å²) in [6.45, 7) is 4.88. The van der Waals surface area contributed by atoms with Gasteiger partial charge in [-0.25, -0.2) is 0 Å². The summed E-state index contributed by atoms with van der Waals surface area (Å²) < 4.78 is 5.46. The molecule has 0 radical (unpaired) electrons. The number of allylic oxidation sites excluding steroid dienone is 3. The summed E-state index contributed by atoms with van der Waals surface area (Å²) in [5, 5.41) is 23.1. The van der Waals surface area contributed by atoms with Crippen LogP contribution in [0.15, 0.2) is 24.3 Å². The van der Waals surface area contributed by atoms with E-state index < -0.39 is 12.1 Å². The maximum Gasteiger partial charge on any atom is 0.305 e. The molecule has 0 aliphatic carbocycles. The SMILES string of the molecule is CCCC/C=C\CCCCCCCC(=O)OCCCCCCCCCCCCCCCCCCCCCCCCCCCC(=O)NC(CO)C(O)/C=C/CCCCCCCCCCCCCCC. The topological polar surface area (TPSA) is 95.9 Å². The molecule has 6 heteroatoms. The van der Waals surface area contributed by atoms with Gasteiger partial charge < -0.3 is 20.3 Å². The Balaban J connectivity index is 3.38. The zero-order valence-corrected chi connectivity index (χ0v) is 45.9. The molecular weight excluding hydrogens is 839 g/mol. The van der Waals surface area contributed by atoms with Crippen molar-refractivity contribution in [2.75, 3.05) is 13.2 Å². The lowest BCUT2D eigenvalue weighted by atomic mass is 10.0. The van der Waals surface area contributed by atoms with Gasteiger partial charge in [0, 0.05) is 12.8 Å². The third-order valence-corrected chi connectivity index (χ3v) is 14.2. The highest BCUT2D eigenvalue weighted by molar-refractivity contribution is 5.76. The molecule has 6 nitrogen and oxygen atoms in total. The molecule has 68 heavy (non-hydrogen) atoms. The largest absolute Gasteiger partial charge is 0.466 e. The summed E-state index contributed by atoms with van der Waals surface area (Å²) in [6.07, 6.45) is 70.8. The van der Waals surface area contributed by atoms with Crippen LogP contribution in [0.3, 0.4) is 0 Å². The van der Waals surface area contributed by atoms with E-state index in [0.717, 1.165) is 44.9 Å². The van der Waals surface area contributed by atoms with Crippen molar-refractivity contribution in [2.24, 2.45) is 0 Å². The third kappa shape index (κ3) is 53.7. The predicted octanol–water partition coefficient (Wildman–Crippen LogP) is 19.0. The number of ether oxygens (including phenoxy) is 1. The van der Waals surface area contributed by atoms with Crippen LogP contribution in [-0.4, -0.2) is 47.4 Å². The lowest BCUT2D eigenvalue weighted by Crippen LogP contribution is -2.45. The number of carbonyl (C=O) groups excluding carboxylic acids is 2. The van der Waals surface area contributed by atoms with E-state index in [0.29, 0.717) is 19.4 Å². The highest BCUT2D eigenvalue weighted by Gasteiger charge is 2.18. The van der Waals surface area contributed by atoms with Crippen molar-refractivity contribution in [3.8, 4) is 0 Å². The number of carbonyl (C=O) groups is 2. The van der Waals surface area contributed by atoms with Crippen LogP contribution in [0.1, 0.15) is 335 Å². The van der Waals surface area contributed by atoms with Crippen LogP contribution >= 0.6 is 0 Å². The van der Waals surface area contributed by atoms with Crippen molar-refractivity contribution in [3.05, 3.63) is 24.3 Å². The van der Waals surface area contributed by atoms with Crippen molar-refractivity contribution in [1.29, 1.82) is 0 Å². The van der Waals surface area contributed by atoms with Crippen LogP contribution in [0.25, 0.3) is 0 Å². The lowest BCUT2D eigenvalue weighted by Gasteiger charge is -2.20. The van der Waals surface area contributed by atoms with Gasteiger partial charge >= 0.3 is 5.97 Å². The molecule has 2 atom stereocenters. The minimum atomic E-state index is -0.842. The molecule has 3 N–H and O–H groups in total. The summed E-state index contributed by atoms with van der Waals surface area (Å²) in [5.74, 6) is -0.0597. The second-order valence-corrected chi connectivity index (χ2v) is 21.0. The molecule has 0 saturated heterocycles. The van der Waals surface area contributed by atoms with E-state index in [2.05, 4.69) is 31.3 Å². The number of unbranched alkanes of at least 4 members (excludes halogenated alkanes) is 44. The molecule has 0 heterocycles. The van der Waals surface area contributed by atoms with Gasteiger partial charge in [0.1, 0.15) is 0 Å². The Morgan fingerprint density at radius 2 is 0.706 bits per heavy atom. The lowest BCUT2D eigenvalue weighted by molar-refractivity contribution is -0.143. The van der Waals surface area contributed by atoms with Gasteiger partial charge in [-0.3, -0.25) is 9.59 Å². The standard InChI is InChI=1S/C62H119NO5/c1-3-5-7-9-11-13-15-16-28-31-35-38-42-46-50-54-60(65)59(58-64)63-61(66)55-51-47-43-39-36-32-29-26-24-22-20-18-17-19-21-23-25-27-30-33-37-41-45-49-53-57-68-62(67)56-52-48-44-40-34-14-12-10-8-6-4-2/h10,12,50,54,59-60,64-65H,3-9,11,13-49,51-53,55-58H2,1-2H3,(H,63,66)/b12-10-,54-50+. The van der Waals surface area contributed by atoms with E-state index >= 15 is 0 Å². The van der Waals surface area contributed by atoms with Crippen LogP contribution in [0.4, 0.5) is 0 Å². The minimum absolute atomic E-state index is 0.00495.